The molecule has 0 fully saturated rings. The normalized spacial score (nSPS) is 14.2. The SMILES string of the molecule is Cc1ccc(C#Cc2cc(Cl)cc3c4c(n(C)c23)CCN(C)C4)cn1. The summed E-state index contributed by atoms with van der Waals surface area (Å²) < 4.78 is 2.30. The third kappa shape index (κ3) is 2.93. The number of rotatable bonds is 0. The molecule has 0 unspecified atom stereocenters. The Hall–Kier alpha value is -2.28. The fourth-order valence-corrected chi connectivity index (χ4v) is 3.82. The molecule has 0 aliphatic carbocycles. The Bertz CT molecular complexity index is 1020. The Morgan fingerprint density at radius 2 is 2.00 bits per heavy atom. The van der Waals surface area contributed by atoms with Gasteiger partial charge in [0, 0.05) is 60.1 Å². The van der Waals surface area contributed by atoms with Crippen molar-refractivity contribution in [3.8, 4) is 11.8 Å². The maximum absolute atomic E-state index is 6.41. The first kappa shape index (κ1) is 16.2. The summed E-state index contributed by atoms with van der Waals surface area (Å²) in [6.07, 6.45) is 2.87. The van der Waals surface area contributed by atoms with Crippen LogP contribution in [0.2, 0.25) is 5.02 Å². The van der Waals surface area contributed by atoms with E-state index in [0.717, 1.165) is 41.4 Å². The molecule has 3 aromatic rings. The van der Waals surface area contributed by atoms with Crippen LogP contribution in [0.4, 0.5) is 0 Å². The molecule has 126 valence electrons. The third-order valence-electron chi connectivity index (χ3n) is 4.90. The molecule has 0 atom stereocenters. The lowest BCUT2D eigenvalue weighted by molar-refractivity contribution is 0.310. The number of likely N-dealkylation sites (N-methyl/N-ethyl adjacent to an activating group) is 1. The van der Waals surface area contributed by atoms with Gasteiger partial charge in [-0.1, -0.05) is 23.4 Å². The largest absolute Gasteiger partial charge is 0.346 e. The van der Waals surface area contributed by atoms with Crippen LogP contribution in [0.1, 0.15) is 28.1 Å². The van der Waals surface area contributed by atoms with Gasteiger partial charge < -0.3 is 9.47 Å². The number of fused-ring (bicyclic) bond motifs is 3. The number of hydrogen-bond donors (Lipinski definition) is 0. The summed E-state index contributed by atoms with van der Waals surface area (Å²) in [5.74, 6) is 6.55. The van der Waals surface area contributed by atoms with E-state index >= 15 is 0 Å². The molecule has 3 heterocycles. The fourth-order valence-electron chi connectivity index (χ4n) is 3.60. The quantitative estimate of drug-likeness (QED) is 0.573. The lowest BCUT2D eigenvalue weighted by atomic mass is 10.0. The van der Waals surface area contributed by atoms with Crippen LogP contribution in [0.25, 0.3) is 10.9 Å². The predicted molar refractivity (Wildman–Crippen MR) is 103 cm³/mol. The molecule has 0 radical (unpaired) electrons. The molecule has 4 heteroatoms. The molecule has 0 bridgehead atoms. The van der Waals surface area contributed by atoms with E-state index in [9.17, 15) is 0 Å². The number of halogens is 1. The van der Waals surface area contributed by atoms with E-state index in [4.69, 9.17) is 11.6 Å². The van der Waals surface area contributed by atoms with Crippen molar-refractivity contribution in [1.29, 1.82) is 0 Å². The average Bonchev–Trinajstić information content (AvgIpc) is 2.86. The van der Waals surface area contributed by atoms with Gasteiger partial charge in [-0.25, -0.2) is 0 Å². The fraction of sp³-hybridized carbons (Fsp3) is 0.286. The monoisotopic (exact) mass is 349 g/mol. The van der Waals surface area contributed by atoms with Crippen molar-refractivity contribution in [3.63, 3.8) is 0 Å². The van der Waals surface area contributed by atoms with Gasteiger partial charge >= 0.3 is 0 Å². The van der Waals surface area contributed by atoms with Crippen molar-refractivity contribution >= 4 is 22.5 Å². The van der Waals surface area contributed by atoms with Crippen molar-refractivity contribution < 1.29 is 0 Å². The van der Waals surface area contributed by atoms with Gasteiger partial charge in [0.15, 0.2) is 0 Å². The molecule has 0 spiro atoms. The molecule has 1 aliphatic rings. The van der Waals surface area contributed by atoms with Gasteiger partial charge in [0.1, 0.15) is 0 Å². The van der Waals surface area contributed by atoms with E-state index in [2.05, 4.69) is 46.5 Å². The topological polar surface area (TPSA) is 21.1 Å². The van der Waals surface area contributed by atoms with Gasteiger partial charge in [0.05, 0.1) is 11.1 Å². The molecule has 25 heavy (non-hydrogen) atoms. The summed E-state index contributed by atoms with van der Waals surface area (Å²) in [6, 6.07) is 8.03. The van der Waals surface area contributed by atoms with Gasteiger partial charge in [-0.05, 0) is 43.8 Å². The summed E-state index contributed by atoms with van der Waals surface area (Å²) in [5.41, 5.74) is 6.84. The van der Waals surface area contributed by atoms with E-state index < -0.39 is 0 Å². The van der Waals surface area contributed by atoms with Crippen LogP contribution >= 0.6 is 11.6 Å². The smallest absolute Gasteiger partial charge is 0.0643 e. The molecule has 1 aromatic carbocycles. The third-order valence-corrected chi connectivity index (χ3v) is 5.12. The van der Waals surface area contributed by atoms with Gasteiger partial charge in [-0.15, -0.1) is 0 Å². The number of aromatic nitrogens is 2. The lowest BCUT2D eigenvalue weighted by Crippen LogP contribution is -2.26. The van der Waals surface area contributed by atoms with Crippen molar-refractivity contribution in [2.24, 2.45) is 7.05 Å². The number of hydrogen-bond acceptors (Lipinski definition) is 2. The molecule has 2 aromatic heterocycles. The maximum Gasteiger partial charge on any atom is 0.0643 e. The van der Waals surface area contributed by atoms with Crippen LogP contribution < -0.4 is 0 Å². The highest BCUT2D eigenvalue weighted by Crippen LogP contribution is 2.33. The first-order valence-corrected chi connectivity index (χ1v) is 8.83. The molecule has 0 saturated carbocycles. The van der Waals surface area contributed by atoms with Gasteiger partial charge in [-0.3, -0.25) is 4.98 Å². The van der Waals surface area contributed by atoms with Gasteiger partial charge in [-0.2, -0.15) is 0 Å². The molecule has 4 rings (SSSR count). The second-order valence-corrected chi connectivity index (χ2v) is 7.20. The van der Waals surface area contributed by atoms with E-state index in [-0.39, 0.29) is 0 Å². The average molecular weight is 350 g/mol. The highest BCUT2D eigenvalue weighted by Gasteiger charge is 2.22. The highest BCUT2D eigenvalue weighted by atomic mass is 35.5. The minimum Gasteiger partial charge on any atom is -0.346 e. The zero-order valence-corrected chi connectivity index (χ0v) is 15.5. The second-order valence-electron chi connectivity index (χ2n) is 6.76. The molecule has 1 aliphatic heterocycles. The minimum absolute atomic E-state index is 0.737. The first-order valence-electron chi connectivity index (χ1n) is 8.46. The number of pyridine rings is 1. The van der Waals surface area contributed by atoms with Crippen LogP contribution in [-0.2, 0) is 20.0 Å². The predicted octanol–water partition coefficient (Wildman–Crippen LogP) is 3.92. The van der Waals surface area contributed by atoms with Crippen molar-refractivity contribution in [2.75, 3.05) is 13.6 Å². The van der Waals surface area contributed by atoms with Crippen LogP contribution in [0.5, 0.6) is 0 Å². The maximum atomic E-state index is 6.41. The Labute approximate surface area is 153 Å². The van der Waals surface area contributed by atoms with Crippen molar-refractivity contribution in [1.82, 2.24) is 14.5 Å². The summed E-state index contributed by atoms with van der Waals surface area (Å²) in [5, 5.41) is 1.96. The van der Waals surface area contributed by atoms with Crippen LogP contribution in [0.15, 0.2) is 30.5 Å². The summed E-state index contributed by atoms with van der Waals surface area (Å²) >= 11 is 6.41. The van der Waals surface area contributed by atoms with Crippen molar-refractivity contribution in [2.45, 2.75) is 19.9 Å². The summed E-state index contributed by atoms with van der Waals surface area (Å²) in [4.78, 5) is 6.66. The zero-order chi connectivity index (χ0) is 17.6. The number of nitrogens with zero attached hydrogens (tertiary/aromatic N) is 3. The van der Waals surface area contributed by atoms with E-state index in [1.165, 1.54) is 22.2 Å². The summed E-state index contributed by atoms with van der Waals surface area (Å²) in [7, 11) is 4.30. The van der Waals surface area contributed by atoms with Crippen molar-refractivity contribution in [3.05, 3.63) is 63.6 Å². The Morgan fingerprint density at radius 1 is 1.16 bits per heavy atom. The second kappa shape index (κ2) is 6.22. The van der Waals surface area contributed by atoms with Crippen LogP contribution in [0, 0.1) is 18.8 Å². The zero-order valence-electron chi connectivity index (χ0n) is 14.7. The molecule has 0 N–H and O–H groups in total. The molecule has 0 saturated heterocycles. The van der Waals surface area contributed by atoms with Crippen LogP contribution in [0.3, 0.4) is 0 Å². The molecular weight excluding hydrogens is 330 g/mol. The Balaban J connectivity index is 1.89. The first-order chi connectivity index (χ1) is 12.0. The Morgan fingerprint density at radius 3 is 2.76 bits per heavy atom. The molecule has 0 amide bonds. The number of benzene rings is 1. The standard InChI is InChI=1S/C21H20ClN3/c1-14-4-5-15(12-23-14)6-7-16-10-17(22)11-18-19-13-24(2)9-8-20(19)25(3)21(16)18/h4-5,10-12H,8-9,13H2,1-3H3. The van der Waals surface area contributed by atoms with E-state index in [0.29, 0.717) is 0 Å². The van der Waals surface area contributed by atoms with Crippen LogP contribution in [-0.4, -0.2) is 28.0 Å². The number of aryl methyl sites for hydroxylation is 2. The summed E-state index contributed by atoms with van der Waals surface area (Å²) in [6.45, 7) is 4.02. The van der Waals surface area contributed by atoms with Gasteiger partial charge in [0.2, 0.25) is 0 Å². The van der Waals surface area contributed by atoms with E-state index in [1.807, 2.05) is 31.3 Å². The highest BCUT2D eigenvalue weighted by molar-refractivity contribution is 6.31. The van der Waals surface area contributed by atoms with Gasteiger partial charge in [0.25, 0.3) is 0 Å². The minimum atomic E-state index is 0.737. The Kier molecular flexibility index (Phi) is 4.03. The molecular formula is C21H20ClN3. The molecule has 3 nitrogen and oxygen atoms in total. The lowest BCUT2D eigenvalue weighted by Gasteiger charge is -2.23. The van der Waals surface area contributed by atoms with E-state index in [1.54, 1.807) is 0 Å².